The lowest BCUT2D eigenvalue weighted by Gasteiger charge is -2.28. The number of hydrogen-bond donors (Lipinski definition) is 1. The van der Waals surface area contributed by atoms with E-state index in [-0.39, 0.29) is 17.7 Å². The van der Waals surface area contributed by atoms with E-state index in [9.17, 15) is 4.79 Å². The lowest BCUT2D eigenvalue weighted by Crippen LogP contribution is -2.32. The van der Waals surface area contributed by atoms with Crippen molar-refractivity contribution in [2.75, 3.05) is 19.8 Å². The van der Waals surface area contributed by atoms with E-state index in [2.05, 4.69) is 41.3 Å². The molecule has 5 rings (SSSR count). The Hall–Kier alpha value is -3.00. The maximum absolute atomic E-state index is 12.4. The van der Waals surface area contributed by atoms with Crippen LogP contribution in [0.15, 0.2) is 30.6 Å². The third kappa shape index (κ3) is 3.35. The van der Waals surface area contributed by atoms with Gasteiger partial charge in [0.2, 0.25) is 5.91 Å². The first-order chi connectivity index (χ1) is 14.9. The van der Waals surface area contributed by atoms with Crippen LogP contribution in [0.1, 0.15) is 43.0 Å². The van der Waals surface area contributed by atoms with Gasteiger partial charge in [-0.1, -0.05) is 18.2 Å². The molecular formula is C23H26N6OS. The molecule has 0 bridgehead atoms. The normalized spacial score (nSPS) is 19.2. The quantitative estimate of drug-likeness (QED) is 0.520. The molecule has 0 unspecified atom stereocenters. The Morgan fingerprint density at radius 3 is 2.71 bits per heavy atom. The first-order valence-electron chi connectivity index (χ1n) is 10.6. The van der Waals surface area contributed by atoms with Crippen LogP contribution >= 0.6 is 11.3 Å². The third-order valence-corrected chi connectivity index (χ3v) is 7.64. The molecule has 31 heavy (non-hydrogen) atoms. The number of nitrogens with zero attached hydrogens (tertiary/aromatic N) is 5. The Balaban J connectivity index is 1.56. The number of hydrogen-bond acceptors (Lipinski definition) is 6. The third-order valence-electron chi connectivity index (χ3n) is 6.34. The molecule has 3 aromatic heterocycles. The van der Waals surface area contributed by atoms with Gasteiger partial charge in [-0.15, -0.1) is 11.3 Å². The predicted octanol–water partition coefficient (Wildman–Crippen LogP) is 4.26. The van der Waals surface area contributed by atoms with E-state index in [4.69, 9.17) is 10.7 Å². The molecule has 0 aliphatic heterocycles. The van der Waals surface area contributed by atoms with Crippen LogP contribution in [-0.4, -0.2) is 44.5 Å². The van der Waals surface area contributed by atoms with Gasteiger partial charge in [-0.3, -0.25) is 4.79 Å². The molecule has 1 fully saturated rings. The fourth-order valence-electron chi connectivity index (χ4n) is 4.70. The van der Waals surface area contributed by atoms with Crippen molar-refractivity contribution in [3.8, 4) is 10.6 Å². The molecule has 0 saturated heterocycles. The zero-order valence-electron chi connectivity index (χ0n) is 18.0. The van der Waals surface area contributed by atoms with Crippen molar-refractivity contribution in [2.24, 2.45) is 5.92 Å². The number of thiophene rings is 1. The zero-order chi connectivity index (χ0) is 21.7. The second kappa shape index (κ2) is 7.60. The van der Waals surface area contributed by atoms with Gasteiger partial charge < -0.3 is 10.6 Å². The van der Waals surface area contributed by atoms with Crippen molar-refractivity contribution in [1.29, 1.82) is 0 Å². The Bertz CT molecular complexity index is 1280. The largest absolute Gasteiger partial charge is 0.382 e. The van der Waals surface area contributed by atoms with Gasteiger partial charge in [-0.05, 0) is 49.6 Å². The minimum atomic E-state index is 0.0993. The predicted molar refractivity (Wildman–Crippen MR) is 124 cm³/mol. The van der Waals surface area contributed by atoms with Crippen LogP contribution in [-0.2, 0) is 4.79 Å². The van der Waals surface area contributed by atoms with E-state index in [1.165, 1.54) is 22.0 Å². The summed E-state index contributed by atoms with van der Waals surface area (Å²) in [7, 11) is 3.66. The Labute approximate surface area is 184 Å². The van der Waals surface area contributed by atoms with Crippen molar-refractivity contribution >= 4 is 38.7 Å². The maximum Gasteiger partial charge on any atom is 0.225 e. The Kier molecular flexibility index (Phi) is 4.89. The number of amides is 1. The highest BCUT2D eigenvalue weighted by Gasteiger charge is 2.31. The highest BCUT2D eigenvalue weighted by molar-refractivity contribution is 7.22. The van der Waals surface area contributed by atoms with Gasteiger partial charge in [-0.25, -0.2) is 14.5 Å². The molecule has 0 atom stereocenters. The van der Waals surface area contributed by atoms with E-state index >= 15 is 0 Å². The highest BCUT2D eigenvalue weighted by Crippen LogP contribution is 2.41. The van der Waals surface area contributed by atoms with E-state index < -0.39 is 0 Å². The average Bonchev–Trinajstić information content (AvgIpc) is 3.37. The van der Waals surface area contributed by atoms with E-state index in [1.54, 1.807) is 16.2 Å². The molecule has 1 aliphatic rings. The number of imidazole rings is 1. The summed E-state index contributed by atoms with van der Waals surface area (Å²) < 4.78 is 3.13. The van der Waals surface area contributed by atoms with Gasteiger partial charge >= 0.3 is 0 Å². The number of carbonyl (C=O) groups excluding carboxylic acids is 1. The van der Waals surface area contributed by atoms with Crippen molar-refractivity contribution in [3.05, 3.63) is 42.0 Å². The van der Waals surface area contributed by atoms with Crippen molar-refractivity contribution in [1.82, 2.24) is 24.5 Å². The lowest BCUT2D eigenvalue weighted by molar-refractivity contribution is -0.134. The molecule has 1 saturated carbocycles. The monoisotopic (exact) mass is 434 g/mol. The van der Waals surface area contributed by atoms with E-state index in [1.807, 2.05) is 18.6 Å². The van der Waals surface area contributed by atoms with Gasteiger partial charge in [0.1, 0.15) is 23.4 Å². The number of rotatable bonds is 3. The molecule has 160 valence electrons. The van der Waals surface area contributed by atoms with E-state index in [0.717, 1.165) is 47.6 Å². The Morgan fingerprint density at radius 1 is 1.23 bits per heavy atom. The van der Waals surface area contributed by atoms with Crippen molar-refractivity contribution < 1.29 is 4.79 Å². The van der Waals surface area contributed by atoms with Gasteiger partial charge in [0.25, 0.3) is 0 Å². The molecule has 4 aromatic rings. The first-order valence-corrected chi connectivity index (χ1v) is 11.5. The molecular weight excluding hydrogens is 408 g/mol. The molecule has 8 heteroatoms. The number of carbonyl (C=O) groups is 1. The minimum Gasteiger partial charge on any atom is -0.382 e. The van der Waals surface area contributed by atoms with Crippen LogP contribution in [0.5, 0.6) is 0 Å². The molecule has 2 N–H and O–H groups in total. The smallest absolute Gasteiger partial charge is 0.225 e. The molecule has 1 aliphatic carbocycles. The fraction of sp³-hybridized carbons (Fsp3) is 0.391. The number of benzene rings is 1. The molecule has 0 radical (unpaired) electrons. The minimum absolute atomic E-state index is 0.0993. The zero-order valence-corrected chi connectivity index (χ0v) is 18.8. The van der Waals surface area contributed by atoms with Crippen LogP contribution in [0.2, 0.25) is 0 Å². The summed E-state index contributed by atoms with van der Waals surface area (Å²) in [5, 5.41) is 5.72. The van der Waals surface area contributed by atoms with Gasteiger partial charge in [-0.2, -0.15) is 5.10 Å². The van der Waals surface area contributed by atoms with Gasteiger partial charge in [0, 0.05) is 30.6 Å². The number of fused-ring (bicyclic) bond motifs is 2. The summed E-state index contributed by atoms with van der Waals surface area (Å²) in [6, 6.07) is 8.52. The number of aryl methyl sites for hydroxylation is 1. The number of anilines is 1. The summed E-state index contributed by atoms with van der Waals surface area (Å²) in [4.78, 5) is 24.5. The van der Waals surface area contributed by atoms with Crippen LogP contribution in [0.25, 0.3) is 26.2 Å². The lowest BCUT2D eigenvalue weighted by atomic mass is 9.81. The first kappa shape index (κ1) is 19.9. The second-order valence-corrected chi connectivity index (χ2v) is 9.66. The number of aromatic nitrogens is 4. The molecule has 1 amide bonds. The number of nitrogen functional groups attached to an aromatic ring is 1. The van der Waals surface area contributed by atoms with Crippen LogP contribution in [0.4, 0.5) is 5.82 Å². The van der Waals surface area contributed by atoms with E-state index in [0.29, 0.717) is 5.82 Å². The van der Waals surface area contributed by atoms with Gasteiger partial charge in [0.15, 0.2) is 5.82 Å². The molecule has 0 spiro atoms. The summed E-state index contributed by atoms with van der Waals surface area (Å²) >= 11 is 1.73. The fourth-order valence-corrected chi connectivity index (χ4v) is 5.82. The SMILES string of the molecule is Cc1cccc2cc(-c3nc(C4CCC(C(=O)N(C)C)CC4)n4ncnc(N)c34)sc12. The summed E-state index contributed by atoms with van der Waals surface area (Å²) in [5.41, 5.74) is 9.17. The topological polar surface area (TPSA) is 89.4 Å². The molecule has 3 heterocycles. The van der Waals surface area contributed by atoms with Crippen molar-refractivity contribution in [2.45, 2.75) is 38.5 Å². The van der Waals surface area contributed by atoms with Crippen molar-refractivity contribution in [3.63, 3.8) is 0 Å². The average molecular weight is 435 g/mol. The molecule has 1 aromatic carbocycles. The molecule has 7 nitrogen and oxygen atoms in total. The Morgan fingerprint density at radius 2 is 2.00 bits per heavy atom. The van der Waals surface area contributed by atoms with Gasteiger partial charge in [0.05, 0.1) is 4.88 Å². The number of nitrogens with two attached hydrogens (primary N) is 1. The summed E-state index contributed by atoms with van der Waals surface area (Å²) in [5.74, 6) is 1.93. The van der Waals surface area contributed by atoms with Crippen LogP contribution in [0, 0.1) is 12.8 Å². The summed E-state index contributed by atoms with van der Waals surface area (Å²) in [6.45, 7) is 2.13. The second-order valence-electron chi connectivity index (χ2n) is 8.61. The van der Waals surface area contributed by atoms with Crippen LogP contribution in [0.3, 0.4) is 0 Å². The highest BCUT2D eigenvalue weighted by atomic mass is 32.1. The standard InChI is InChI=1S/C23H26N6OS/c1-13-5-4-6-16-11-17(31-20(13)16)18-19-21(24)25-12-26-29(19)22(27-18)14-7-9-15(10-8-14)23(30)28(2)3/h4-6,11-12,14-15H,7-10H2,1-3H3,(H2,24,25,26). The maximum atomic E-state index is 12.4. The van der Waals surface area contributed by atoms with Crippen LogP contribution < -0.4 is 5.73 Å². The summed E-state index contributed by atoms with van der Waals surface area (Å²) in [6.07, 6.45) is 5.06.